The molecule has 8 nitrogen and oxygen atoms in total. The van der Waals surface area contributed by atoms with Crippen molar-refractivity contribution in [3.05, 3.63) is 78.4 Å². The molecule has 33 heavy (non-hydrogen) atoms. The Kier molecular flexibility index (Phi) is 6.23. The molecule has 1 heterocycles. The van der Waals surface area contributed by atoms with E-state index in [1.807, 2.05) is 42.5 Å². The first kappa shape index (κ1) is 22.2. The lowest BCUT2D eigenvalue weighted by molar-refractivity contribution is -0.114. The van der Waals surface area contributed by atoms with Gasteiger partial charge in [0.15, 0.2) is 11.6 Å². The normalized spacial score (nSPS) is 11.2. The Labute approximate surface area is 192 Å². The number of aromatic nitrogens is 2. The van der Waals surface area contributed by atoms with Crippen LogP contribution in [0.15, 0.2) is 77.7 Å². The van der Waals surface area contributed by atoms with Crippen LogP contribution in [0, 0.1) is 0 Å². The highest BCUT2D eigenvalue weighted by molar-refractivity contribution is 7.92. The van der Waals surface area contributed by atoms with Gasteiger partial charge in [-0.15, -0.1) is 0 Å². The lowest BCUT2D eigenvalue weighted by Gasteiger charge is -2.14. The molecule has 168 valence electrons. The number of nitrogens with zero attached hydrogens (tertiary/aromatic N) is 2. The second kappa shape index (κ2) is 9.25. The molecule has 0 unspecified atom stereocenters. The molecule has 0 radical (unpaired) electrons. The average Bonchev–Trinajstić information content (AvgIpc) is 2.80. The predicted octanol–water partition coefficient (Wildman–Crippen LogP) is 4.70. The van der Waals surface area contributed by atoms with Gasteiger partial charge in [-0.25, -0.2) is 18.4 Å². The molecule has 0 aliphatic heterocycles. The molecule has 9 heteroatoms. The van der Waals surface area contributed by atoms with Crippen LogP contribution in [0.5, 0.6) is 0 Å². The van der Waals surface area contributed by atoms with E-state index >= 15 is 0 Å². The van der Waals surface area contributed by atoms with E-state index in [0.717, 1.165) is 12.1 Å². The Morgan fingerprint density at radius 2 is 1.39 bits per heavy atom. The lowest BCUT2D eigenvalue weighted by atomic mass is 10.1. The number of carbonyl (C=O) groups excluding carboxylic acids is 1. The molecular weight excluding hydrogens is 438 g/mol. The van der Waals surface area contributed by atoms with Crippen LogP contribution in [0.1, 0.15) is 19.4 Å². The summed E-state index contributed by atoms with van der Waals surface area (Å²) in [5, 5.41) is 5.78. The summed E-state index contributed by atoms with van der Waals surface area (Å²) in [5.74, 6) is 0.133. The summed E-state index contributed by atoms with van der Waals surface area (Å²) < 4.78 is 28.7. The molecule has 0 fully saturated rings. The fourth-order valence-corrected chi connectivity index (χ4v) is 4.23. The molecule has 1 amide bonds. The van der Waals surface area contributed by atoms with Crippen LogP contribution in [0.4, 0.5) is 23.0 Å². The molecule has 0 spiro atoms. The molecule has 0 atom stereocenters. The standard InChI is InChI=1S/C24H23N5O3S/c1-3-17-8-10-19(11-9-17)26-23-24(28-22-7-5-4-6-21(22)27-23)29-33(31,32)20-14-12-18(13-15-20)25-16(2)30/h4-15H,3H2,1-2H3,(H,25,30)(H,26,27)(H,28,29). The number of sulfonamides is 1. The Morgan fingerprint density at radius 3 is 1.97 bits per heavy atom. The van der Waals surface area contributed by atoms with Crippen molar-refractivity contribution in [2.24, 2.45) is 0 Å². The van der Waals surface area contributed by atoms with Crippen LogP contribution in [-0.4, -0.2) is 24.3 Å². The van der Waals surface area contributed by atoms with Crippen LogP contribution < -0.4 is 15.4 Å². The first-order valence-corrected chi connectivity index (χ1v) is 11.9. The van der Waals surface area contributed by atoms with Crippen LogP contribution in [0.2, 0.25) is 0 Å². The Hall–Kier alpha value is -3.98. The summed E-state index contributed by atoms with van der Waals surface area (Å²) >= 11 is 0. The van der Waals surface area contributed by atoms with E-state index in [4.69, 9.17) is 0 Å². The minimum Gasteiger partial charge on any atom is -0.337 e. The van der Waals surface area contributed by atoms with Crippen molar-refractivity contribution >= 4 is 50.0 Å². The summed E-state index contributed by atoms with van der Waals surface area (Å²) in [6, 6.07) is 20.9. The predicted molar refractivity (Wildman–Crippen MR) is 130 cm³/mol. The third kappa shape index (κ3) is 5.27. The van der Waals surface area contributed by atoms with Crippen LogP contribution >= 0.6 is 0 Å². The molecule has 4 rings (SSSR count). The van der Waals surface area contributed by atoms with Crippen molar-refractivity contribution in [3.8, 4) is 0 Å². The van der Waals surface area contributed by atoms with Crippen molar-refractivity contribution in [2.75, 3.05) is 15.4 Å². The van der Waals surface area contributed by atoms with E-state index in [9.17, 15) is 13.2 Å². The monoisotopic (exact) mass is 461 g/mol. The molecular formula is C24H23N5O3S. The van der Waals surface area contributed by atoms with Gasteiger partial charge in [0.25, 0.3) is 10.0 Å². The van der Waals surface area contributed by atoms with Gasteiger partial charge in [-0.2, -0.15) is 0 Å². The number of carbonyl (C=O) groups is 1. The van der Waals surface area contributed by atoms with E-state index in [0.29, 0.717) is 16.7 Å². The zero-order chi connectivity index (χ0) is 23.4. The number of aryl methyl sites for hydroxylation is 1. The summed E-state index contributed by atoms with van der Waals surface area (Å²) in [6.45, 7) is 3.46. The minimum atomic E-state index is -3.96. The number of anilines is 4. The van der Waals surface area contributed by atoms with Gasteiger partial charge in [0, 0.05) is 18.3 Å². The number of rotatable bonds is 7. The molecule has 3 aromatic carbocycles. The van der Waals surface area contributed by atoms with Crippen LogP contribution in [0.25, 0.3) is 11.0 Å². The summed E-state index contributed by atoms with van der Waals surface area (Å²) in [7, 11) is -3.96. The Bertz CT molecular complexity index is 1400. The minimum absolute atomic E-state index is 0.0322. The summed E-state index contributed by atoms with van der Waals surface area (Å²) in [6.07, 6.45) is 0.918. The second-order valence-corrected chi connectivity index (χ2v) is 9.08. The van der Waals surface area contributed by atoms with Crippen molar-refractivity contribution in [3.63, 3.8) is 0 Å². The van der Waals surface area contributed by atoms with Gasteiger partial charge < -0.3 is 10.6 Å². The third-order valence-electron chi connectivity index (χ3n) is 4.91. The van der Waals surface area contributed by atoms with E-state index in [1.54, 1.807) is 6.07 Å². The van der Waals surface area contributed by atoms with Crippen molar-refractivity contribution in [1.82, 2.24) is 9.97 Å². The maximum absolute atomic E-state index is 13.1. The van der Waals surface area contributed by atoms with Gasteiger partial charge in [-0.1, -0.05) is 31.2 Å². The number of hydrogen-bond donors (Lipinski definition) is 3. The molecule has 0 saturated heterocycles. The number of para-hydroxylation sites is 2. The molecule has 0 aliphatic rings. The van der Waals surface area contributed by atoms with Gasteiger partial charge in [-0.3, -0.25) is 9.52 Å². The zero-order valence-corrected chi connectivity index (χ0v) is 19.0. The van der Waals surface area contributed by atoms with Gasteiger partial charge in [0.2, 0.25) is 5.91 Å². The molecule has 1 aromatic heterocycles. The number of hydrogen-bond acceptors (Lipinski definition) is 6. The Balaban J connectivity index is 1.69. The quantitative estimate of drug-likeness (QED) is 0.368. The maximum Gasteiger partial charge on any atom is 0.263 e. The Morgan fingerprint density at radius 1 is 0.818 bits per heavy atom. The van der Waals surface area contributed by atoms with Gasteiger partial charge in [-0.05, 0) is 60.5 Å². The molecule has 0 bridgehead atoms. The molecule has 0 aliphatic carbocycles. The second-order valence-electron chi connectivity index (χ2n) is 7.40. The number of fused-ring (bicyclic) bond motifs is 1. The van der Waals surface area contributed by atoms with Crippen LogP contribution in [-0.2, 0) is 21.2 Å². The third-order valence-corrected chi connectivity index (χ3v) is 6.27. The van der Waals surface area contributed by atoms with E-state index in [1.165, 1.54) is 36.8 Å². The smallest absolute Gasteiger partial charge is 0.263 e. The van der Waals surface area contributed by atoms with Crippen molar-refractivity contribution < 1.29 is 13.2 Å². The van der Waals surface area contributed by atoms with Crippen molar-refractivity contribution in [1.29, 1.82) is 0 Å². The first-order valence-electron chi connectivity index (χ1n) is 10.4. The van der Waals surface area contributed by atoms with Gasteiger partial charge in [0.1, 0.15) is 0 Å². The van der Waals surface area contributed by atoms with Gasteiger partial charge >= 0.3 is 0 Å². The lowest BCUT2D eigenvalue weighted by Crippen LogP contribution is -2.16. The topological polar surface area (TPSA) is 113 Å². The van der Waals surface area contributed by atoms with Crippen LogP contribution in [0.3, 0.4) is 0 Å². The van der Waals surface area contributed by atoms with E-state index in [2.05, 4.69) is 32.2 Å². The summed E-state index contributed by atoms with van der Waals surface area (Å²) in [4.78, 5) is 20.3. The average molecular weight is 462 g/mol. The number of amides is 1. The van der Waals surface area contributed by atoms with Crippen molar-refractivity contribution in [2.45, 2.75) is 25.2 Å². The fraction of sp³-hybridized carbons (Fsp3) is 0.125. The SMILES string of the molecule is CCc1ccc(Nc2nc3ccccc3nc2NS(=O)(=O)c2ccc(NC(C)=O)cc2)cc1. The number of benzene rings is 3. The zero-order valence-electron chi connectivity index (χ0n) is 18.2. The number of nitrogens with one attached hydrogen (secondary N) is 3. The molecule has 0 saturated carbocycles. The molecule has 3 N–H and O–H groups in total. The largest absolute Gasteiger partial charge is 0.337 e. The maximum atomic E-state index is 13.1. The van der Waals surface area contributed by atoms with E-state index in [-0.39, 0.29) is 22.4 Å². The summed E-state index contributed by atoms with van der Waals surface area (Å²) in [5.41, 5.74) is 3.64. The van der Waals surface area contributed by atoms with E-state index < -0.39 is 10.0 Å². The highest BCUT2D eigenvalue weighted by atomic mass is 32.2. The van der Waals surface area contributed by atoms with Gasteiger partial charge in [0.05, 0.1) is 15.9 Å². The highest BCUT2D eigenvalue weighted by Gasteiger charge is 2.19. The molecule has 4 aromatic rings. The first-order chi connectivity index (χ1) is 15.8. The fourth-order valence-electron chi connectivity index (χ4n) is 3.23. The highest BCUT2D eigenvalue weighted by Crippen LogP contribution is 2.27.